The molecular formula is C12H15N5O3S. The lowest BCUT2D eigenvalue weighted by atomic mass is 10.2. The minimum atomic E-state index is -3.91. The molecule has 2 rings (SSSR count). The molecule has 0 aliphatic carbocycles. The van der Waals surface area contributed by atoms with Crippen LogP contribution in [0, 0.1) is 0 Å². The summed E-state index contributed by atoms with van der Waals surface area (Å²) in [6, 6.07) is 8.11. The number of sulfonamides is 1. The molecule has 0 aliphatic rings. The monoisotopic (exact) mass is 309 g/mol. The fourth-order valence-corrected chi connectivity index (χ4v) is 3.08. The molecule has 5 N–H and O–H groups in total. The molecule has 0 spiro atoms. The quantitative estimate of drug-likeness (QED) is 0.628. The minimum Gasteiger partial charge on any atom is -0.398 e. The van der Waals surface area contributed by atoms with E-state index >= 15 is 0 Å². The molecule has 2 aromatic rings. The normalized spacial score (nSPS) is 11.7. The minimum absolute atomic E-state index is 0.0586. The Morgan fingerprint density at radius 1 is 1.29 bits per heavy atom. The number of benzene rings is 1. The summed E-state index contributed by atoms with van der Waals surface area (Å²) >= 11 is 0. The van der Waals surface area contributed by atoms with Crippen molar-refractivity contribution in [1.29, 1.82) is 0 Å². The molecule has 0 atom stereocenters. The van der Waals surface area contributed by atoms with Gasteiger partial charge in [-0.1, -0.05) is 18.2 Å². The van der Waals surface area contributed by atoms with Crippen LogP contribution in [-0.2, 0) is 21.4 Å². The van der Waals surface area contributed by atoms with Crippen LogP contribution in [0.4, 0.5) is 5.69 Å². The van der Waals surface area contributed by atoms with Gasteiger partial charge in [-0.25, -0.2) is 8.42 Å². The Hall–Kier alpha value is -2.39. The van der Waals surface area contributed by atoms with Crippen LogP contribution in [0.3, 0.4) is 0 Å². The second kappa shape index (κ2) is 5.94. The third-order valence-corrected chi connectivity index (χ3v) is 4.55. The van der Waals surface area contributed by atoms with Gasteiger partial charge in [0, 0.05) is 12.2 Å². The van der Waals surface area contributed by atoms with Gasteiger partial charge in [0.1, 0.15) is 0 Å². The van der Waals surface area contributed by atoms with E-state index in [9.17, 15) is 13.2 Å². The third kappa shape index (κ3) is 3.38. The van der Waals surface area contributed by atoms with Crippen molar-refractivity contribution in [3.05, 3.63) is 42.1 Å². The molecule has 0 bridgehead atoms. The van der Waals surface area contributed by atoms with Crippen LogP contribution in [0.15, 0.2) is 41.6 Å². The maximum Gasteiger partial charge on any atom is 0.260 e. The van der Waals surface area contributed by atoms with Gasteiger partial charge in [0.2, 0.25) is 5.91 Å². The molecule has 0 saturated carbocycles. The van der Waals surface area contributed by atoms with Crippen LogP contribution in [-0.4, -0.2) is 35.4 Å². The standard InChI is InChI=1S/C12H15N5O3S/c13-10-4-2-1-3-9(10)7-17(8-11(14)18)21(19,20)12-5-6-15-16-12/h1-6H,7-8,13H2,(H2,14,18)(H,15,16). The molecule has 1 aromatic heterocycles. The van der Waals surface area contributed by atoms with Crippen LogP contribution in [0.5, 0.6) is 0 Å². The van der Waals surface area contributed by atoms with Gasteiger partial charge in [0.15, 0.2) is 5.03 Å². The number of rotatable bonds is 6. The summed E-state index contributed by atoms with van der Waals surface area (Å²) in [6.07, 6.45) is 1.31. The van der Waals surface area contributed by atoms with E-state index in [0.29, 0.717) is 11.3 Å². The van der Waals surface area contributed by atoms with Crippen LogP contribution in [0.25, 0.3) is 0 Å². The Labute approximate surface area is 121 Å². The number of hydrogen-bond acceptors (Lipinski definition) is 5. The van der Waals surface area contributed by atoms with E-state index < -0.39 is 22.5 Å². The molecule has 21 heavy (non-hydrogen) atoms. The number of primary amides is 1. The first-order chi connectivity index (χ1) is 9.91. The average Bonchev–Trinajstić information content (AvgIpc) is 2.94. The predicted molar refractivity (Wildman–Crippen MR) is 76.2 cm³/mol. The molecule has 0 unspecified atom stereocenters. The average molecular weight is 309 g/mol. The second-order valence-electron chi connectivity index (χ2n) is 4.36. The first-order valence-corrected chi connectivity index (χ1v) is 7.46. The number of H-pyrrole nitrogens is 1. The summed E-state index contributed by atoms with van der Waals surface area (Å²) in [5, 5.41) is 5.86. The molecule has 1 heterocycles. The molecule has 1 amide bonds. The van der Waals surface area contributed by atoms with Crippen molar-refractivity contribution in [3.63, 3.8) is 0 Å². The highest BCUT2D eigenvalue weighted by atomic mass is 32.2. The Kier molecular flexibility index (Phi) is 4.24. The number of nitrogen functional groups attached to an aromatic ring is 1. The fourth-order valence-electron chi connectivity index (χ4n) is 1.79. The highest BCUT2D eigenvalue weighted by Crippen LogP contribution is 2.19. The molecule has 9 heteroatoms. The number of nitrogens with one attached hydrogen (secondary N) is 1. The van der Waals surface area contributed by atoms with E-state index in [4.69, 9.17) is 11.5 Å². The van der Waals surface area contributed by atoms with Crippen molar-refractivity contribution < 1.29 is 13.2 Å². The van der Waals surface area contributed by atoms with Crippen LogP contribution >= 0.6 is 0 Å². The van der Waals surface area contributed by atoms with Gasteiger partial charge in [0.25, 0.3) is 10.0 Å². The maximum absolute atomic E-state index is 12.5. The summed E-state index contributed by atoms with van der Waals surface area (Å²) in [7, 11) is -3.91. The van der Waals surface area contributed by atoms with E-state index in [2.05, 4.69) is 10.2 Å². The smallest absolute Gasteiger partial charge is 0.260 e. The van der Waals surface area contributed by atoms with Gasteiger partial charge < -0.3 is 11.5 Å². The first kappa shape index (κ1) is 15.0. The van der Waals surface area contributed by atoms with Crippen LogP contribution < -0.4 is 11.5 Å². The topological polar surface area (TPSA) is 135 Å². The van der Waals surface area contributed by atoms with E-state index in [1.807, 2.05) is 0 Å². The summed E-state index contributed by atoms with van der Waals surface area (Å²) in [5.74, 6) is -0.757. The van der Waals surface area contributed by atoms with Gasteiger partial charge in [0.05, 0.1) is 12.7 Å². The lowest BCUT2D eigenvalue weighted by molar-refractivity contribution is -0.118. The Morgan fingerprint density at radius 3 is 2.57 bits per heavy atom. The number of para-hydroxylation sites is 1. The van der Waals surface area contributed by atoms with Gasteiger partial charge in [-0.05, 0) is 17.7 Å². The zero-order valence-corrected chi connectivity index (χ0v) is 11.9. The zero-order valence-electron chi connectivity index (χ0n) is 11.1. The Bertz CT molecular complexity index is 727. The van der Waals surface area contributed by atoms with Crippen LogP contribution in [0.2, 0.25) is 0 Å². The molecule has 0 radical (unpaired) electrons. The van der Waals surface area contributed by atoms with Crippen molar-refractivity contribution in [3.8, 4) is 0 Å². The molecule has 0 aliphatic heterocycles. The first-order valence-electron chi connectivity index (χ1n) is 6.02. The second-order valence-corrected chi connectivity index (χ2v) is 6.27. The zero-order chi connectivity index (χ0) is 15.5. The van der Waals surface area contributed by atoms with Gasteiger partial charge in [-0.2, -0.15) is 9.40 Å². The van der Waals surface area contributed by atoms with Crippen molar-refractivity contribution >= 4 is 21.6 Å². The molecular weight excluding hydrogens is 294 g/mol. The SMILES string of the molecule is NC(=O)CN(Cc1ccccc1N)S(=O)(=O)c1ccn[nH]1. The van der Waals surface area contributed by atoms with Gasteiger partial charge >= 0.3 is 0 Å². The van der Waals surface area contributed by atoms with E-state index in [0.717, 1.165) is 4.31 Å². The van der Waals surface area contributed by atoms with Gasteiger partial charge in [-0.3, -0.25) is 9.89 Å². The number of carbonyl (C=O) groups is 1. The number of hydrogen-bond donors (Lipinski definition) is 3. The van der Waals surface area contributed by atoms with Crippen LogP contribution in [0.1, 0.15) is 5.56 Å². The maximum atomic E-state index is 12.5. The molecule has 8 nitrogen and oxygen atoms in total. The number of carbonyl (C=O) groups excluding carboxylic acids is 1. The fraction of sp³-hybridized carbons (Fsp3) is 0.167. The molecule has 0 fully saturated rings. The predicted octanol–water partition coefficient (Wildman–Crippen LogP) is -0.332. The molecule has 1 aromatic carbocycles. The largest absolute Gasteiger partial charge is 0.398 e. The van der Waals surface area contributed by atoms with Crippen molar-refractivity contribution in [2.45, 2.75) is 11.6 Å². The highest BCUT2D eigenvalue weighted by Gasteiger charge is 2.27. The number of amides is 1. The van der Waals surface area contributed by atoms with Gasteiger partial charge in [-0.15, -0.1) is 0 Å². The lowest BCUT2D eigenvalue weighted by Gasteiger charge is -2.20. The van der Waals surface area contributed by atoms with E-state index in [1.165, 1.54) is 12.3 Å². The summed E-state index contributed by atoms with van der Waals surface area (Å²) in [6.45, 7) is -0.507. The number of aromatic nitrogens is 2. The summed E-state index contributed by atoms with van der Waals surface area (Å²) < 4.78 is 25.9. The number of nitrogens with zero attached hydrogens (tertiary/aromatic N) is 2. The highest BCUT2D eigenvalue weighted by molar-refractivity contribution is 7.89. The lowest BCUT2D eigenvalue weighted by Crippen LogP contribution is -2.38. The Morgan fingerprint density at radius 2 is 2.00 bits per heavy atom. The third-order valence-electron chi connectivity index (χ3n) is 2.83. The van der Waals surface area contributed by atoms with Crippen molar-refractivity contribution in [2.75, 3.05) is 12.3 Å². The number of nitrogens with two attached hydrogens (primary N) is 2. The van der Waals surface area contributed by atoms with Crippen molar-refractivity contribution in [1.82, 2.24) is 14.5 Å². The van der Waals surface area contributed by atoms with E-state index in [1.54, 1.807) is 24.3 Å². The number of anilines is 1. The molecule has 112 valence electrons. The number of aromatic amines is 1. The van der Waals surface area contributed by atoms with Crippen molar-refractivity contribution in [2.24, 2.45) is 5.73 Å². The molecule has 0 saturated heterocycles. The van der Waals surface area contributed by atoms with E-state index in [-0.39, 0.29) is 11.6 Å². The Balaban J connectivity index is 2.36. The summed E-state index contributed by atoms with van der Waals surface area (Å²) in [5.41, 5.74) is 12.0. The summed E-state index contributed by atoms with van der Waals surface area (Å²) in [4.78, 5) is 11.2.